The molecule has 1 aromatic carbocycles. The molecule has 0 unspecified atom stereocenters. The van der Waals surface area contributed by atoms with Crippen molar-refractivity contribution in [2.45, 2.75) is 18.9 Å². The highest BCUT2D eigenvalue weighted by molar-refractivity contribution is 5.98. The third-order valence-electron chi connectivity index (χ3n) is 4.13. The first-order chi connectivity index (χ1) is 12.1. The summed E-state index contributed by atoms with van der Waals surface area (Å²) in [7, 11) is 0. The van der Waals surface area contributed by atoms with Crippen LogP contribution in [0.2, 0.25) is 0 Å². The monoisotopic (exact) mass is 344 g/mol. The van der Waals surface area contributed by atoms with E-state index in [-0.39, 0.29) is 23.9 Å². The molecule has 0 bridgehead atoms. The van der Waals surface area contributed by atoms with Gasteiger partial charge in [-0.1, -0.05) is 12.1 Å². The van der Waals surface area contributed by atoms with Gasteiger partial charge in [-0.25, -0.2) is 4.79 Å². The maximum Gasteiger partial charge on any atom is 0.341 e. The van der Waals surface area contributed by atoms with Crippen molar-refractivity contribution in [1.29, 1.82) is 0 Å². The predicted molar refractivity (Wildman–Crippen MR) is 86.1 cm³/mol. The second-order valence-corrected chi connectivity index (χ2v) is 5.68. The van der Waals surface area contributed by atoms with Gasteiger partial charge < -0.3 is 14.1 Å². The number of esters is 1. The van der Waals surface area contributed by atoms with Crippen LogP contribution < -0.4 is 0 Å². The highest BCUT2D eigenvalue weighted by Crippen LogP contribution is 2.25. The van der Waals surface area contributed by atoms with E-state index in [1.54, 1.807) is 6.07 Å². The second-order valence-electron chi connectivity index (χ2n) is 5.68. The molecule has 1 saturated heterocycles. The number of nitro benzene ring substituents is 1. The summed E-state index contributed by atoms with van der Waals surface area (Å²) in [5.74, 6) is -0.951. The Morgan fingerprint density at radius 3 is 2.84 bits per heavy atom. The number of ether oxygens (including phenoxy) is 1. The summed E-state index contributed by atoms with van der Waals surface area (Å²) in [5.41, 5.74) is 0.115. The number of rotatable bonds is 5. The van der Waals surface area contributed by atoms with E-state index in [1.165, 1.54) is 41.7 Å². The molecule has 1 atom stereocenters. The Hall–Kier alpha value is -3.16. The van der Waals surface area contributed by atoms with Crippen molar-refractivity contribution in [2.24, 2.45) is 0 Å². The topological polar surface area (TPSA) is 103 Å². The number of benzene rings is 1. The van der Waals surface area contributed by atoms with E-state index >= 15 is 0 Å². The number of likely N-dealkylation sites (tertiary alicyclic amines) is 1. The first-order valence-corrected chi connectivity index (χ1v) is 7.81. The Labute approximate surface area is 143 Å². The Morgan fingerprint density at radius 2 is 2.12 bits per heavy atom. The Bertz CT molecular complexity index is 786. The van der Waals surface area contributed by atoms with E-state index in [2.05, 4.69) is 0 Å². The number of nitro groups is 1. The van der Waals surface area contributed by atoms with Crippen LogP contribution in [0.25, 0.3) is 0 Å². The zero-order valence-corrected chi connectivity index (χ0v) is 13.3. The molecule has 130 valence electrons. The van der Waals surface area contributed by atoms with Crippen molar-refractivity contribution in [3.8, 4) is 0 Å². The molecule has 1 aliphatic heterocycles. The number of carbonyl (C=O) groups excluding carboxylic acids is 2. The molecule has 1 fully saturated rings. The third kappa shape index (κ3) is 3.52. The van der Waals surface area contributed by atoms with E-state index in [4.69, 9.17) is 9.15 Å². The number of carbonyl (C=O) groups is 2. The van der Waals surface area contributed by atoms with Gasteiger partial charge in [-0.05, 0) is 25.0 Å². The van der Waals surface area contributed by atoms with E-state index in [9.17, 15) is 19.7 Å². The molecule has 3 rings (SSSR count). The van der Waals surface area contributed by atoms with Crippen LogP contribution in [-0.2, 0) is 4.74 Å². The van der Waals surface area contributed by atoms with Crippen LogP contribution in [0.4, 0.5) is 5.69 Å². The fraction of sp³-hybridized carbons (Fsp3) is 0.294. The summed E-state index contributed by atoms with van der Waals surface area (Å²) < 4.78 is 10.1. The third-order valence-corrected chi connectivity index (χ3v) is 4.13. The van der Waals surface area contributed by atoms with Crippen molar-refractivity contribution in [1.82, 2.24) is 4.90 Å². The number of hydrogen-bond acceptors (Lipinski definition) is 6. The zero-order valence-electron chi connectivity index (χ0n) is 13.3. The van der Waals surface area contributed by atoms with Gasteiger partial charge in [0.15, 0.2) is 0 Å². The summed E-state index contributed by atoms with van der Waals surface area (Å²) in [5, 5.41) is 11.1. The standard InChI is InChI=1S/C17H16N2O6/c20-16(14-5-1-2-6-15(14)19(22)23)18-8-3-4-13(18)11-25-17(21)12-7-9-24-10-12/h1-2,5-7,9-10,13H,3-4,8,11H2/t13-/m0/s1. The van der Waals surface area contributed by atoms with E-state index in [0.717, 1.165) is 6.42 Å². The molecule has 8 heteroatoms. The molecule has 8 nitrogen and oxygen atoms in total. The van der Waals surface area contributed by atoms with Crippen molar-refractivity contribution in [3.05, 3.63) is 64.1 Å². The summed E-state index contributed by atoms with van der Waals surface area (Å²) in [6.45, 7) is 0.509. The molecule has 1 amide bonds. The van der Waals surface area contributed by atoms with E-state index < -0.39 is 16.8 Å². The summed E-state index contributed by atoms with van der Waals surface area (Å²) >= 11 is 0. The number of hydrogen-bond donors (Lipinski definition) is 0. The minimum Gasteiger partial charge on any atom is -0.472 e. The number of nitrogens with zero attached hydrogens (tertiary/aromatic N) is 2. The minimum absolute atomic E-state index is 0.0381. The summed E-state index contributed by atoms with van der Waals surface area (Å²) in [6, 6.07) is 7.04. The highest BCUT2D eigenvalue weighted by Gasteiger charge is 2.33. The van der Waals surface area contributed by atoms with Crippen molar-refractivity contribution in [2.75, 3.05) is 13.2 Å². The van der Waals surface area contributed by atoms with Crippen LogP contribution in [0.1, 0.15) is 33.6 Å². The van der Waals surface area contributed by atoms with Gasteiger partial charge in [-0.3, -0.25) is 14.9 Å². The van der Waals surface area contributed by atoms with Crippen molar-refractivity contribution < 1.29 is 23.7 Å². The molecule has 0 radical (unpaired) electrons. The maximum absolute atomic E-state index is 12.7. The molecule has 0 N–H and O–H groups in total. The molecule has 2 heterocycles. The average Bonchev–Trinajstić information content (AvgIpc) is 3.30. The van der Waals surface area contributed by atoms with Crippen LogP contribution in [0.3, 0.4) is 0 Å². The highest BCUT2D eigenvalue weighted by atomic mass is 16.6. The Balaban J connectivity index is 1.70. The smallest absolute Gasteiger partial charge is 0.341 e. The molecule has 1 aromatic heterocycles. The first kappa shape index (κ1) is 16.7. The van der Waals surface area contributed by atoms with Crippen LogP contribution in [0, 0.1) is 10.1 Å². The predicted octanol–water partition coefficient (Wildman–Crippen LogP) is 2.65. The molecule has 2 aromatic rings. The number of para-hydroxylation sites is 1. The van der Waals surface area contributed by atoms with Gasteiger partial charge in [0.2, 0.25) is 0 Å². The van der Waals surface area contributed by atoms with Gasteiger partial charge in [-0.15, -0.1) is 0 Å². The lowest BCUT2D eigenvalue weighted by molar-refractivity contribution is -0.385. The van der Waals surface area contributed by atoms with Crippen LogP contribution >= 0.6 is 0 Å². The van der Waals surface area contributed by atoms with Crippen LogP contribution in [-0.4, -0.2) is 40.9 Å². The summed E-state index contributed by atoms with van der Waals surface area (Å²) in [4.78, 5) is 36.7. The SMILES string of the molecule is O=C(OC[C@@H]1CCCN1C(=O)c1ccccc1[N+](=O)[O-])c1ccoc1. The van der Waals surface area contributed by atoms with Gasteiger partial charge in [0.1, 0.15) is 18.4 Å². The number of amides is 1. The van der Waals surface area contributed by atoms with Crippen LogP contribution in [0.15, 0.2) is 47.3 Å². The van der Waals surface area contributed by atoms with Gasteiger partial charge in [0.25, 0.3) is 11.6 Å². The zero-order chi connectivity index (χ0) is 17.8. The lowest BCUT2D eigenvalue weighted by Crippen LogP contribution is -2.39. The van der Waals surface area contributed by atoms with Gasteiger partial charge in [-0.2, -0.15) is 0 Å². The average molecular weight is 344 g/mol. The maximum atomic E-state index is 12.7. The fourth-order valence-electron chi connectivity index (χ4n) is 2.88. The van der Waals surface area contributed by atoms with E-state index in [0.29, 0.717) is 18.5 Å². The lowest BCUT2D eigenvalue weighted by Gasteiger charge is -2.24. The fourth-order valence-corrected chi connectivity index (χ4v) is 2.88. The molecule has 0 aliphatic carbocycles. The summed E-state index contributed by atoms with van der Waals surface area (Å²) in [6.07, 6.45) is 4.08. The van der Waals surface area contributed by atoms with Gasteiger partial charge >= 0.3 is 5.97 Å². The number of furan rings is 1. The largest absolute Gasteiger partial charge is 0.472 e. The minimum atomic E-state index is -0.572. The van der Waals surface area contributed by atoms with Crippen molar-refractivity contribution >= 4 is 17.6 Å². The molecule has 0 saturated carbocycles. The molecule has 1 aliphatic rings. The van der Waals surface area contributed by atoms with Gasteiger partial charge in [0, 0.05) is 12.6 Å². The molecular formula is C17H16N2O6. The van der Waals surface area contributed by atoms with E-state index in [1.807, 2.05) is 0 Å². The van der Waals surface area contributed by atoms with Crippen LogP contribution in [0.5, 0.6) is 0 Å². The normalized spacial score (nSPS) is 16.6. The molecule has 25 heavy (non-hydrogen) atoms. The molecule has 0 spiro atoms. The quantitative estimate of drug-likeness (QED) is 0.469. The first-order valence-electron chi connectivity index (χ1n) is 7.81. The molecular weight excluding hydrogens is 328 g/mol. The second kappa shape index (κ2) is 7.16. The lowest BCUT2D eigenvalue weighted by atomic mass is 10.1. The van der Waals surface area contributed by atoms with Crippen molar-refractivity contribution in [3.63, 3.8) is 0 Å². The van der Waals surface area contributed by atoms with Gasteiger partial charge in [0.05, 0.1) is 22.8 Å². The Kier molecular flexibility index (Phi) is 4.78. The Morgan fingerprint density at radius 1 is 1.32 bits per heavy atom.